The highest BCUT2D eigenvalue weighted by atomic mass is 16.4. The van der Waals surface area contributed by atoms with Crippen LogP contribution in [0.5, 0.6) is 0 Å². The molecular weight excluding hydrogens is 208 g/mol. The van der Waals surface area contributed by atoms with Crippen LogP contribution in [0.15, 0.2) is 29.0 Å². The quantitative estimate of drug-likeness (QED) is 0.828. The molecule has 0 fully saturated rings. The lowest BCUT2D eigenvalue weighted by Gasteiger charge is -2.22. The van der Waals surface area contributed by atoms with E-state index in [1.54, 1.807) is 32.0 Å². The lowest BCUT2D eigenvalue weighted by Crippen LogP contribution is -2.39. The number of hydrogen-bond donors (Lipinski definition) is 2. The smallest absolute Gasteiger partial charge is 0.328 e. The summed E-state index contributed by atoms with van der Waals surface area (Å²) < 4.78 is 5.13. The molecule has 1 aromatic heterocycles. The van der Waals surface area contributed by atoms with Crippen molar-refractivity contribution in [3.8, 4) is 0 Å². The molecule has 5 nitrogen and oxygen atoms in total. The van der Waals surface area contributed by atoms with Gasteiger partial charge in [0.15, 0.2) is 12.0 Å². The molecule has 0 unspecified atom stereocenters. The van der Waals surface area contributed by atoms with E-state index in [0.29, 0.717) is 11.3 Å². The van der Waals surface area contributed by atoms with Crippen molar-refractivity contribution in [2.75, 3.05) is 5.32 Å². The van der Waals surface area contributed by atoms with Gasteiger partial charge in [0.1, 0.15) is 11.1 Å². The molecule has 1 heterocycles. The Morgan fingerprint density at radius 2 is 2.25 bits per heavy atom. The van der Waals surface area contributed by atoms with E-state index in [4.69, 9.17) is 9.52 Å². The first-order valence-electron chi connectivity index (χ1n) is 4.84. The van der Waals surface area contributed by atoms with E-state index < -0.39 is 11.5 Å². The summed E-state index contributed by atoms with van der Waals surface area (Å²) in [7, 11) is 0. The molecule has 0 saturated heterocycles. The van der Waals surface area contributed by atoms with Gasteiger partial charge in [-0.25, -0.2) is 9.78 Å². The molecule has 0 aliphatic heterocycles. The molecule has 5 heteroatoms. The molecule has 16 heavy (non-hydrogen) atoms. The first-order valence-corrected chi connectivity index (χ1v) is 4.84. The average molecular weight is 220 g/mol. The number of anilines is 1. The van der Waals surface area contributed by atoms with Crippen molar-refractivity contribution < 1.29 is 14.3 Å². The number of carboxylic acids is 1. The van der Waals surface area contributed by atoms with Crippen LogP contribution >= 0.6 is 0 Å². The molecule has 1 aromatic carbocycles. The van der Waals surface area contributed by atoms with Crippen LogP contribution in [0, 0.1) is 0 Å². The van der Waals surface area contributed by atoms with Crippen molar-refractivity contribution in [3.05, 3.63) is 24.6 Å². The minimum atomic E-state index is -1.02. The van der Waals surface area contributed by atoms with E-state index in [1.807, 2.05) is 0 Å². The predicted octanol–water partition coefficient (Wildman–Crippen LogP) is 2.10. The zero-order chi connectivity index (χ0) is 11.8. The molecule has 0 atom stereocenters. The number of nitrogens with one attached hydrogen (secondary N) is 1. The average Bonchev–Trinajstić information content (AvgIpc) is 2.63. The fourth-order valence-corrected chi connectivity index (χ4v) is 1.35. The van der Waals surface area contributed by atoms with E-state index in [2.05, 4.69) is 10.3 Å². The zero-order valence-corrected chi connectivity index (χ0v) is 9.02. The van der Waals surface area contributed by atoms with Crippen molar-refractivity contribution >= 4 is 22.8 Å². The minimum absolute atomic E-state index is 0.631. The van der Waals surface area contributed by atoms with E-state index in [9.17, 15) is 4.79 Å². The van der Waals surface area contributed by atoms with Gasteiger partial charge in [-0.3, -0.25) is 0 Å². The van der Waals surface area contributed by atoms with E-state index in [-0.39, 0.29) is 0 Å². The van der Waals surface area contributed by atoms with Crippen molar-refractivity contribution in [1.29, 1.82) is 0 Å². The van der Waals surface area contributed by atoms with Gasteiger partial charge >= 0.3 is 5.97 Å². The van der Waals surface area contributed by atoms with Gasteiger partial charge in [0.2, 0.25) is 0 Å². The molecule has 2 rings (SSSR count). The lowest BCUT2D eigenvalue weighted by atomic mass is 10.1. The summed E-state index contributed by atoms with van der Waals surface area (Å²) in [6.45, 7) is 3.19. The van der Waals surface area contributed by atoms with Gasteiger partial charge in [0, 0.05) is 11.8 Å². The summed E-state index contributed by atoms with van der Waals surface area (Å²) in [5.74, 6) is -0.912. The highest BCUT2D eigenvalue weighted by Gasteiger charge is 2.26. The molecular formula is C11H12N2O3. The molecule has 0 saturated carbocycles. The first kappa shape index (κ1) is 10.5. The molecule has 0 radical (unpaired) electrons. The summed E-state index contributed by atoms with van der Waals surface area (Å²) >= 11 is 0. The standard InChI is InChI=1S/C11H12N2O3/c1-11(2,10(14)15)13-7-3-4-8-9(5-7)16-6-12-8/h3-6,13H,1-2H3,(H,14,15). The summed E-state index contributed by atoms with van der Waals surface area (Å²) in [5.41, 5.74) is 1.05. The third-order valence-electron chi connectivity index (χ3n) is 2.32. The Balaban J connectivity index is 2.30. The Bertz CT molecular complexity index is 531. The Morgan fingerprint density at radius 1 is 1.50 bits per heavy atom. The fraction of sp³-hybridized carbons (Fsp3) is 0.273. The van der Waals surface area contributed by atoms with Gasteiger partial charge in [0.05, 0.1) is 0 Å². The Morgan fingerprint density at radius 3 is 2.94 bits per heavy atom. The van der Waals surface area contributed by atoms with Crippen LogP contribution in [0.1, 0.15) is 13.8 Å². The SMILES string of the molecule is CC(C)(Nc1ccc2ncoc2c1)C(=O)O. The number of oxazole rings is 1. The van der Waals surface area contributed by atoms with Crippen LogP contribution in [0.25, 0.3) is 11.1 Å². The summed E-state index contributed by atoms with van der Waals surface area (Å²) in [4.78, 5) is 14.9. The molecule has 0 aliphatic rings. The molecule has 0 aliphatic carbocycles. The Labute approximate surface area is 92.1 Å². The number of carbonyl (C=O) groups is 1. The largest absolute Gasteiger partial charge is 0.480 e. The molecule has 0 amide bonds. The van der Waals surface area contributed by atoms with Gasteiger partial charge in [-0.1, -0.05) is 0 Å². The van der Waals surface area contributed by atoms with Crippen LogP contribution in [0.3, 0.4) is 0 Å². The lowest BCUT2D eigenvalue weighted by molar-refractivity contribution is -0.141. The van der Waals surface area contributed by atoms with Crippen molar-refractivity contribution in [1.82, 2.24) is 4.98 Å². The minimum Gasteiger partial charge on any atom is -0.480 e. The molecule has 0 spiro atoms. The summed E-state index contributed by atoms with van der Waals surface area (Å²) in [6, 6.07) is 5.28. The maximum Gasteiger partial charge on any atom is 0.328 e. The normalized spacial score (nSPS) is 11.6. The number of benzene rings is 1. The van der Waals surface area contributed by atoms with E-state index in [0.717, 1.165) is 5.52 Å². The third kappa shape index (κ3) is 1.84. The van der Waals surface area contributed by atoms with E-state index in [1.165, 1.54) is 6.39 Å². The van der Waals surface area contributed by atoms with Crippen LogP contribution < -0.4 is 5.32 Å². The molecule has 2 aromatic rings. The number of aliphatic carboxylic acids is 1. The predicted molar refractivity (Wildman–Crippen MR) is 59.3 cm³/mol. The maximum atomic E-state index is 10.9. The molecule has 2 N–H and O–H groups in total. The number of fused-ring (bicyclic) bond motifs is 1. The monoisotopic (exact) mass is 220 g/mol. The second-order valence-electron chi connectivity index (χ2n) is 4.09. The Hall–Kier alpha value is -2.04. The highest BCUT2D eigenvalue weighted by molar-refractivity contribution is 5.83. The Kier molecular flexibility index (Phi) is 2.30. The zero-order valence-electron chi connectivity index (χ0n) is 9.02. The second-order valence-corrected chi connectivity index (χ2v) is 4.09. The molecule has 84 valence electrons. The fourth-order valence-electron chi connectivity index (χ4n) is 1.35. The van der Waals surface area contributed by atoms with Crippen LogP contribution in [-0.4, -0.2) is 21.6 Å². The number of aromatic nitrogens is 1. The maximum absolute atomic E-state index is 10.9. The highest BCUT2D eigenvalue weighted by Crippen LogP contribution is 2.21. The first-order chi connectivity index (χ1) is 7.49. The van der Waals surface area contributed by atoms with Crippen molar-refractivity contribution in [3.63, 3.8) is 0 Å². The van der Waals surface area contributed by atoms with Crippen LogP contribution in [-0.2, 0) is 4.79 Å². The number of nitrogens with zero attached hydrogens (tertiary/aromatic N) is 1. The number of hydrogen-bond acceptors (Lipinski definition) is 4. The summed E-state index contributed by atoms with van der Waals surface area (Å²) in [5, 5.41) is 11.9. The third-order valence-corrected chi connectivity index (χ3v) is 2.32. The van der Waals surface area contributed by atoms with Gasteiger partial charge in [-0.2, -0.15) is 0 Å². The van der Waals surface area contributed by atoms with Gasteiger partial charge in [-0.15, -0.1) is 0 Å². The van der Waals surface area contributed by atoms with Crippen molar-refractivity contribution in [2.45, 2.75) is 19.4 Å². The number of rotatable bonds is 3. The molecule has 0 bridgehead atoms. The van der Waals surface area contributed by atoms with E-state index >= 15 is 0 Å². The second kappa shape index (κ2) is 3.52. The van der Waals surface area contributed by atoms with Gasteiger partial charge in [-0.05, 0) is 26.0 Å². The van der Waals surface area contributed by atoms with Crippen LogP contribution in [0.4, 0.5) is 5.69 Å². The van der Waals surface area contributed by atoms with Gasteiger partial charge in [0.25, 0.3) is 0 Å². The van der Waals surface area contributed by atoms with Crippen LogP contribution in [0.2, 0.25) is 0 Å². The summed E-state index contributed by atoms with van der Waals surface area (Å²) in [6.07, 6.45) is 1.36. The topological polar surface area (TPSA) is 75.4 Å². The van der Waals surface area contributed by atoms with Crippen molar-refractivity contribution in [2.24, 2.45) is 0 Å². The number of carboxylic acid groups (broad SMARTS) is 1. The van der Waals surface area contributed by atoms with Gasteiger partial charge < -0.3 is 14.8 Å².